The third kappa shape index (κ3) is 2.37. The number of carbonyl (C=O) groups excluding carboxylic acids is 1. The van der Waals surface area contributed by atoms with Crippen molar-refractivity contribution in [1.82, 2.24) is 9.55 Å². The molecule has 0 fully saturated rings. The normalized spacial score (nSPS) is 10.6. The van der Waals surface area contributed by atoms with Crippen LogP contribution in [0.25, 0.3) is 11.0 Å². The van der Waals surface area contributed by atoms with Crippen LogP contribution in [0.4, 0.5) is 5.69 Å². The minimum absolute atomic E-state index is 0.107. The van der Waals surface area contributed by atoms with E-state index in [1.807, 2.05) is 37.3 Å². The number of carbonyl (C=O) groups is 1. The zero-order valence-corrected chi connectivity index (χ0v) is 12.3. The first-order valence-electron chi connectivity index (χ1n) is 6.90. The fourth-order valence-corrected chi connectivity index (χ4v) is 2.32. The molecule has 0 spiro atoms. The standard InChI is InChI=1S/C17H15N3O2/c1-11-7-3-4-8-12(11)19-16(21)15-17(22)20(2)14-10-6-5-9-13(14)18-15/h3-10H,1-2H3,(H,19,21). The highest BCUT2D eigenvalue weighted by Crippen LogP contribution is 2.14. The van der Waals surface area contributed by atoms with E-state index in [9.17, 15) is 9.59 Å². The predicted octanol–water partition coefficient (Wildman–Crippen LogP) is 2.49. The Morgan fingerprint density at radius 2 is 1.77 bits per heavy atom. The van der Waals surface area contributed by atoms with Crippen molar-refractivity contribution in [3.63, 3.8) is 0 Å². The summed E-state index contributed by atoms with van der Waals surface area (Å²) in [6.07, 6.45) is 0. The van der Waals surface area contributed by atoms with Gasteiger partial charge in [-0.2, -0.15) is 0 Å². The van der Waals surface area contributed by atoms with Gasteiger partial charge in [0.05, 0.1) is 11.0 Å². The number of para-hydroxylation sites is 3. The largest absolute Gasteiger partial charge is 0.320 e. The van der Waals surface area contributed by atoms with Gasteiger partial charge < -0.3 is 9.88 Å². The average Bonchev–Trinajstić information content (AvgIpc) is 2.53. The molecule has 0 unspecified atom stereocenters. The maximum atomic E-state index is 12.4. The average molecular weight is 293 g/mol. The zero-order chi connectivity index (χ0) is 15.7. The molecule has 110 valence electrons. The highest BCUT2D eigenvalue weighted by Gasteiger charge is 2.16. The molecule has 1 aromatic heterocycles. The van der Waals surface area contributed by atoms with Gasteiger partial charge in [0, 0.05) is 12.7 Å². The van der Waals surface area contributed by atoms with Gasteiger partial charge in [-0.1, -0.05) is 30.3 Å². The van der Waals surface area contributed by atoms with Crippen LogP contribution in [0.15, 0.2) is 53.3 Å². The van der Waals surface area contributed by atoms with Crippen molar-refractivity contribution in [1.29, 1.82) is 0 Å². The molecule has 3 rings (SSSR count). The first-order chi connectivity index (χ1) is 10.6. The smallest absolute Gasteiger partial charge is 0.282 e. The van der Waals surface area contributed by atoms with E-state index >= 15 is 0 Å². The second-order valence-corrected chi connectivity index (χ2v) is 5.08. The second-order valence-electron chi connectivity index (χ2n) is 5.08. The van der Waals surface area contributed by atoms with E-state index in [0.717, 1.165) is 5.56 Å². The van der Waals surface area contributed by atoms with E-state index in [1.165, 1.54) is 4.57 Å². The fourth-order valence-electron chi connectivity index (χ4n) is 2.32. The van der Waals surface area contributed by atoms with Crippen LogP contribution in [0.3, 0.4) is 0 Å². The van der Waals surface area contributed by atoms with Crippen molar-refractivity contribution in [2.24, 2.45) is 7.05 Å². The number of hydrogen-bond acceptors (Lipinski definition) is 3. The number of amides is 1. The molecule has 22 heavy (non-hydrogen) atoms. The molecule has 0 aliphatic rings. The maximum absolute atomic E-state index is 12.4. The Balaban J connectivity index is 2.07. The summed E-state index contributed by atoms with van der Waals surface area (Å²) in [5.74, 6) is -0.499. The van der Waals surface area contributed by atoms with Crippen LogP contribution < -0.4 is 10.9 Å². The Bertz CT molecular complexity index is 929. The summed E-state index contributed by atoms with van der Waals surface area (Å²) in [5, 5.41) is 2.74. The fraction of sp³-hybridized carbons (Fsp3) is 0.118. The first kappa shape index (κ1) is 14.0. The Morgan fingerprint density at radius 1 is 1.09 bits per heavy atom. The summed E-state index contributed by atoms with van der Waals surface area (Å²) in [5.41, 5.74) is 2.38. The van der Waals surface area contributed by atoms with E-state index in [-0.39, 0.29) is 5.69 Å². The molecule has 1 heterocycles. The molecule has 0 aliphatic carbocycles. The molecule has 0 radical (unpaired) electrons. The molecular weight excluding hydrogens is 278 g/mol. The van der Waals surface area contributed by atoms with Gasteiger partial charge in [-0.15, -0.1) is 0 Å². The minimum Gasteiger partial charge on any atom is -0.320 e. The minimum atomic E-state index is -0.499. The summed E-state index contributed by atoms with van der Waals surface area (Å²) in [6.45, 7) is 1.89. The van der Waals surface area contributed by atoms with Crippen molar-refractivity contribution in [2.45, 2.75) is 6.92 Å². The molecule has 0 saturated carbocycles. The second kappa shape index (κ2) is 5.44. The summed E-state index contributed by atoms with van der Waals surface area (Å²) in [4.78, 5) is 29.0. The van der Waals surface area contributed by atoms with Crippen molar-refractivity contribution < 1.29 is 4.79 Å². The Kier molecular flexibility index (Phi) is 3.47. The van der Waals surface area contributed by atoms with Crippen LogP contribution in [0.5, 0.6) is 0 Å². The van der Waals surface area contributed by atoms with E-state index in [2.05, 4.69) is 10.3 Å². The van der Waals surface area contributed by atoms with E-state index in [4.69, 9.17) is 0 Å². The maximum Gasteiger partial charge on any atom is 0.282 e. The Morgan fingerprint density at radius 3 is 2.55 bits per heavy atom. The number of fused-ring (bicyclic) bond motifs is 1. The van der Waals surface area contributed by atoms with Gasteiger partial charge >= 0.3 is 0 Å². The van der Waals surface area contributed by atoms with Gasteiger partial charge in [-0.3, -0.25) is 9.59 Å². The number of aromatic nitrogens is 2. The topological polar surface area (TPSA) is 64.0 Å². The summed E-state index contributed by atoms with van der Waals surface area (Å²) < 4.78 is 1.44. The Hall–Kier alpha value is -2.95. The number of anilines is 1. The number of rotatable bonds is 2. The lowest BCUT2D eigenvalue weighted by molar-refractivity contribution is 0.102. The number of aryl methyl sites for hydroxylation is 2. The van der Waals surface area contributed by atoms with Crippen LogP contribution >= 0.6 is 0 Å². The third-order valence-electron chi connectivity index (χ3n) is 3.59. The van der Waals surface area contributed by atoms with E-state index in [0.29, 0.717) is 16.7 Å². The van der Waals surface area contributed by atoms with Gasteiger partial charge in [0.1, 0.15) is 0 Å². The molecule has 0 bridgehead atoms. The van der Waals surface area contributed by atoms with Crippen molar-refractivity contribution in [3.8, 4) is 0 Å². The molecule has 5 heteroatoms. The Labute approximate surface area is 127 Å². The summed E-state index contributed by atoms with van der Waals surface area (Å²) in [7, 11) is 1.64. The van der Waals surface area contributed by atoms with E-state index < -0.39 is 11.5 Å². The third-order valence-corrected chi connectivity index (χ3v) is 3.59. The van der Waals surface area contributed by atoms with Crippen molar-refractivity contribution in [3.05, 3.63) is 70.1 Å². The molecule has 2 aromatic carbocycles. The molecule has 5 nitrogen and oxygen atoms in total. The quantitative estimate of drug-likeness (QED) is 0.789. The lowest BCUT2D eigenvalue weighted by Gasteiger charge is -2.09. The van der Waals surface area contributed by atoms with Crippen LogP contribution in [-0.2, 0) is 7.05 Å². The molecular formula is C17H15N3O2. The van der Waals surface area contributed by atoms with Gasteiger partial charge in [0.25, 0.3) is 11.5 Å². The van der Waals surface area contributed by atoms with Crippen LogP contribution in [0.2, 0.25) is 0 Å². The van der Waals surface area contributed by atoms with Gasteiger partial charge in [0.2, 0.25) is 0 Å². The molecule has 3 aromatic rings. The SMILES string of the molecule is Cc1ccccc1NC(=O)c1nc2ccccc2n(C)c1=O. The number of nitrogens with one attached hydrogen (secondary N) is 1. The molecule has 1 amide bonds. The number of nitrogens with zero attached hydrogens (tertiary/aromatic N) is 2. The summed E-state index contributed by atoms with van der Waals surface area (Å²) in [6, 6.07) is 14.6. The van der Waals surface area contributed by atoms with Crippen LogP contribution in [0.1, 0.15) is 16.1 Å². The first-order valence-corrected chi connectivity index (χ1v) is 6.90. The molecule has 1 N–H and O–H groups in total. The monoisotopic (exact) mass is 293 g/mol. The van der Waals surface area contributed by atoms with Crippen LogP contribution in [0, 0.1) is 6.92 Å². The van der Waals surface area contributed by atoms with E-state index in [1.54, 1.807) is 25.2 Å². The lowest BCUT2D eigenvalue weighted by atomic mass is 10.2. The number of benzene rings is 2. The lowest BCUT2D eigenvalue weighted by Crippen LogP contribution is -2.29. The number of hydrogen-bond donors (Lipinski definition) is 1. The molecule has 0 atom stereocenters. The van der Waals surface area contributed by atoms with Gasteiger partial charge in [-0.05, 0) is 30.7 Å². The van der Waals surface area contributed by atoms with Gasteiger partial charge in [0.15, 0.2) is 5.69 Å². The van der Waals surface area contributed by atoms with Crippen molar-refractivity contribution >= 4 is 22.6 Å². The van der Waals surface area contributed by atoms with Gasteiger partial charge in [-0.25, -0.2) is 4.98 Å². The summed E-state index contributed by atoms with van der Waals surface area (Å²) >= 11 is 0. The van der Waals surface area contributed by atoms with Crippen molar-refractivity contribution in [2.75, 3.05) is 5.32 Å². The predicted molar refractivity (Wildman–Crippen MR) is 86.1 cm³/mol. The molecule has 0 saturated heterocycles. The van der Waals surface area contributed by atoms with Crippen LogP contribution in [-0.4, -0.2) is 15.5 Å². The zero-order valence-electron chi connectivity index (χ0n) is 12.3. The highest BCUT2D eigenvalue weighted by atomic mass is 16.2. The highest BCUT2D eigenvalue weighted by molar-refractivity contribution is 6.03. The molecule has 0 aliphatic heterocycles.